The van der Waals surface area contributed by atoms with Crippen LogP contribution >= 0.6 is 50.7 Å². The van der Waals surface area contributed by atoms with Crippen molar-refractivity contribution in [3.63, 3.8) is 0 Å². The Bertz CT molecular complexity index is 537. The lowest BCUT2D eigenvalue weighted by Gasteiger charge is -2.12. The standard InChI is InChI=1S/C14H10BrCl3/c15-13(7-9-1-3-10(16)4-2-9)12-6-5-11(17)8-14(12)18/h1-6,8,13H,7H2. The molecule has 94 valence electrons. The Morgan fingerprint density at radius 3 is 2.11 bits per heavy atom. The van der Waals surface area contributed by atoms with Crippen molar-refractivity contribution in [3.05, 3.63) is 68.7 Å². The predicted molar refractivity (Wildman–Crippen MR) is 83.3 cm³/mol. The highest BCUT2D eigenvalue weighted by atomic mass is 79.9. The Morgan fingerprint density at radius 1 is 0.889 bits per heavy atom. The zero-order valence-corrected chi connectivity index (χ0v) is 13.2. The average molecular weight is 364 g/mol. The monoisotopic (exact) mass is 362 g/mol. The van der Waals surface area contributed by atoms with Crippen molar-refractivity contribution < 1.29 is 0 Å². The number of halogens is 4. The summed E-state index contributed by atoms with van der Waals surface area (Å²) in [6.45, 7) is 0. The lowest BCUT2D eigenvalue weighted by Crippen LogP contribution is -1.96. The van der Waals surface area contributed by atoms with Crippen LogP contribution in [0.4, 0.5) is 0 Å². The molecule has 0 heterocycles. The Labute approximate surface area is 130 Å². The number of hydrogen-bond acceptors (Lipinski definition) is 0. The van der Waals surface area contributed by atoms with Crippen molar-refractivity contribution in [1.82, 2.24) is 0 Å². The first-order chi connectivity index (χ1) is 8.56. The molecule has 0 nitrogen and oxygen atoms in total. The van der Waals surface area contributed by atoms with E-state index in [0.29, 0.717) is 10.0 Å². The van der Waals surface area contributed by atoms with E-state index in [-0.39, 0.29) is 4.83 Å². The van der Waals surface area contributed by atoms with Gasteiger partial charge in [-0.2, -0.15) is 0 Å². The molecule has 0 spiro atoms. The maximum atomic E-state index is 6.18. The SMILES string of the molecule is Clc1ccc(CC(Br)c2ccc(Cl)cc2Cl)cc1. The van der Waals surface area contributed by atoms with Crippen molar-refractivity contribution in [1.29, 1.82) is 0 Å². The summed E-state index contributed by atoms with van der Waals surface area (Å²) >= 11 is 21.6. The van der Waals surface area contributed by atoms with E-state index >= 15 is 0 Å². The highest BCUT2D eigenvalue weighted by molar-refractivity contribution is 9.09. The molecule has 1 atom stereocenters. The number of rotatable bonds is 3. The summed E-state index contributed by atoms with van der Waals surface area (Å²) in [6, 6.07) is 13.4. The second kappa shape index (κ2) is 6.29. The van der Waals surface area contributed by atoms with Crippen LogP contribution in [0.1, 0.15) is 16.0 Å². The third kappa shape index (κ3) is 3.64. The van der Waals surface area contributed by atoms with E-state index in [1.54, 1.807) is 6.07 Å². The van der Waals surface area contributed by atoms with Crippen LogP contribution in [0.25, 0.3) is 0 Å². The molecule has 0 saturated carbocycles. The lowest BCUT2D eigenvalue weighted by molar-refractivity contribution is 0.949. The van der Waals surface area contributed by atoms with E-state index in [0.717, 1.165) is 17.0 Å². The fourth-order valence-corrected chi connectivity index (χ4v) is 3.26. The van der Waals surface area contributed by atoms with Gasteiger partial charge >= 0.3 is 0 Å². The van der Waals surface area contributed by atoms with E-state index in [2.05, 4.69) is 15.9 Å². The van der Waals surface area contributed by atoms with Crippen LogP contribution in [0, 0.1) is 0 Å². The largest absolute Gasteiger partial charge is 0.0843 e. The molecular weight excluding hydrogens is 354 g/mol. The molecule has 2 aromatic carbocycles. The summed E-state index contributed by atoms with van der Waals surface area (Å²) in [7, 11) is 0. The van der Waals surface area contributed by atoms with Crippen LogP contribution in [0.15, 0.2) is 42.5 Å². The number of alkyl halides is 1. The van der Waals surface area contributed by atoms with Gasteiger partial charge in [-0.1, -0.05) is 68.9 Å². The average Bonchev–Trinajstić information content (AvgIpc) is 2.32. The van der Waals surface area contributed by atoms with Gasteiger partial charge in [-0.3, -0.25) is 0 Å². The highest BCUT2D eigenvalue weighted by Crippen LogP contribution is 2.33. The zero-order chi connectivity index (χ0) is 13.1. The Balaban J connectivity index is 2.16. The maximum absolute atomic E-state index is 6.18. The van der Waals surface area contributed by atoms with Crippen LogP contribution in [0.5, 0.6) is 0 Å². The molecule has 0 bridgehead atoms. The van der Waals surface area contributed by atoms with Crippen LogP contribution in [0.2, 0.25) is 15.1 Å². The molecule has 0 aliphatic carbocycles. The molecule has 2 rings (SSSR count). The van der Waals surface area contributed by atoms with Gasteiger partial charge in [0.15, 0.2) is 0 Å². The van der Waals surface area contributed by atoms with Crippen molar-refractivity contribution in [2.24, 2.45) is 0 Å². The molecular formula is C14H10BrCl3. The molecule has 0 aliphatic rings. The normalized spacial score (nSPS) is 12.4. The molecule has 0 amide bonds. The second-order valence-electron chi connectivity index (χ2n) is 3.96. The summed E-state index contributed by atoms with van der Waals surface area (Å²) in [4.78, 5) is 0.156. The van der Waals surface area contributed by atoms with Gasteiger partial charge in [-0.15, -0.1) is 0 Å². The van der Waals surface area contributed by atoms with Crippen LogP contribution in [-0.4, -0.2) is 0 Å². The van der Waals surface area contributed by atoms with Gasteiger partial charge in [0.05, 0.1) is 0 Å². The predicted octanol–water partition coefficient (Wildman–Crippen LogP) is 6.33. The zero-order valence-electron chi connectivity index (χ0n) is 9.34. The molecule has 0 aliphatic heterocycles. The molecule has 4 heteroatoms. The van der Waals surface area contributed by atoms with E-state index < -0.39 is 0 Å². The van der Waals surface area contributed by atoms with Gasteiger partial charge < -0.3 is 0 Å². The highest BCUT2D eigenvalue weighted by Gasteiger charge is 2.12. The van der Waals surface area contributed by atoms with Crippen LogP contribution < -0.4 is 0 Å². The van der Waals surface area contributed by atoms with E-state index in [9.17, 15) is 0 Å². The molecule has 0 radical (unpaired) electrons. The molecule has 0 aromatic heterocycles. The van der Waals surface area contributed by atoms with Crippen molar-refractivity contribution in [2.45, 2.75) is 11.2 Å². The second-order valence-corrected chi connectivity index (χ2v) is 6.35. The lowest BCUT2D eigenvalue weighted by atomic mass is 10.0. The topological polar surface area (TPSA) is 0 Å². The summed E-state index contributed by atoms with van der Waals surface area (Å²) in [5, 5.41) is 2.07. The fourth-order valence-electron chi connectivity index (χ4n) is 1.69. The van der Waals surface area contributed by atoms with Gasteiger partial charge in [-0.05, 0) is 41.8 Å². The van der Waals surface area contributed by atoms with Gasteiger partial charge in [0, 0.05) is 19.9 Å². The number of hydrogen-bond donors (Lipinski definition) is 0. The Morgan fingerprint density at radius 2 is 1.50 bits per heavy atom. The third-order valence-corrected chi connectivity index (χ3v) is 4.26. The van der Waals surface area contributed by atoms with E-state index in [4.69, 9.17) is 34.8 Å². The quantitative estimate of drug-likeness (QED) is 0.559. The third-order valence-electron chi connectivity index (χ3n) is 2.63. The summed E-state index contributed by atoms with van der Waals surface area (Å²) in [6.07, 6.45) is 0.846. The minimum absolute atomic E-state index is 0.156. The minimum atomic E-state index is 0.156. The van der Waals surface area contributed by atoms with Crippen molar-refractivity contribution >= 4 is 50.7 Å². The van der Waals surface area contributed by atoms with Gasteiger partial charge in [0.2, 0.25) is 0 Å². The van der Waals surface area contributed by atoms with Gasteiger partial charge in [0.1, 0.15) is 0 Å². The smallest absolute Gasteiger partial charge is 0.0464 e. The summed E-state index contributed by atoms with van der Waals surface area (Å²) < 4.78 is 0. The summed E-state index contributed by atoms with van der Waals surface area (Å²) in [5.74, 6) is 0. The van der Waals surface area contributed by atoms with Crippen LogP contribution in [0.3, 0.4) is 0 Å². The maximum Gasteiger partial charge on any atom is 0.0464 e. The Hall–Kier alpha value is -0.210. The van der Waals surface area contributed by atoms with Gasteiger partial charge in [-0.25, -0.2) is 0 Å². The molecule has 0 N–H and O–H groups in total. The van der Waals surface area contributed by atoms with E-state index in [1.165, 1.54) is 5.56 Å². The molecule has 0 saturated heterocycles. The number of benzene rings is 2. The molecule has 18 heavy (non-hydrogen) atoms. The molecule has 1 unspecified atom stereocenters. The minimum Gasteiger partial charge on any atom is -0.0843 e. The Kier molecular flexibility index (Phi) is 4.97. The summed E-state index contributed by atoms with van der Waals surface area (Å²) in [5.41, 5.74) is 2.24. The van der Waals surface area contributed by atoms with Crippen molar-refractivity contribution in [2.75, 3.05) is 0 Å². The molecule has 2 aromatic rings. The molecule has 0 fully saturated rings. The van der Waals surface area contributed by atoms with Gasteiger partial charge in [0.25, 0.3) is 0 Å². The van der Waals surface area contributed by atoms with Crippen molar-refractivity contribution in [3.8, 4) is 0 Å². The first-order valence-corrected chi connectivity index (χ1v) is 7.44. The van der Waals surface area contributed by atoms with E-state index in [1.807, 2.05) is 36.4 Å². The van der Waals surface area contributed by atoms with Crippen LogP contribution in [-0.2, 0) is 6.42 Å². The fraction of sp³-hybridized carbons (Fsp3) is 0.143. The first kappa shape index (κ1) is 14.2. The first-order valence-electron chi connectivity index (χ1n) is 5.40.